The van der Waals surface area contributed by atoms with Gasteiger partial charge in [0.1, 0.15) is 0 Å². The first-order valence-electron chi connectivity index (χ1n) is 10.9. The van der Waals surface area contributed by atoms with Crippen LogP contribution in [0.15, 0.2) is 59.0 Å². The minimum atomic E-state index is -1.37. The molecule has 30 heavy (non-hydrogen) atoms. The number of rotatable bonds is 4. The van der Waals surface area contributed by atoms with Crippen LogP contribution in [-0.4, -0.2) is 11.8 Å². The van der Waals surface area contributed by atoms with Crippen molar-refractivity contribution in [1.29, 1.82) is 0 Å². The largest absolute Gasteiger partial charge is 0.271 e. The maximum absolute atomic E-state index is 4.18. The molecule has 1 aliphatic carbocycles. The number of allylic oxidation sites excluding steroid dienone is 1. The Morgan fingerprint density at radius 2 is 1.60 bits per heavy atom. The second kappa shape index (κ2) is 7.55. The number of hydrogen-bond donors (Lipinski definition) is 1. The van der Waals surface area contributed by atoms with E-state index in [0.717, 1.165) is 0 Å². The fraction of sp³-hybridized carbons (Fsp3) is 0.407. The lowest BCUT2D eigenvalue weighted by molar-refractivity contribution is 0.527. The van der Waals surface area contributed by atoms with Crippen molar-refractivity contribution in [3.63, 3.8) is 0 Å². The van der Waals surface area contributed by atoms with Crippen LogP contribution in [0.2, 0.25) is 0 Å². The molecule has 3 heteroatoms. The van der Waals surface area contributed by atoms with E-state index in [1.165, 1.54) is 37.3 Å². The van der Waals surface area contributed by atoms with Crippen LogP contribution in [0.5, 0.6) is 0 Å². The van der Waals surface area contributed by atoms with Gasteiger partial charge in [-0.2, -0.15) is 10.2 Å². The molecule has 1 aromatic heterocycles. The maximum atomic E-state index is 4.18. The molecule has 3 aromatic rings. The van der Waals surface area contributed by atoms with Gasteiger partial charge in [-0.15, -0.1) is 11.3 Å². The maximum Gasteiger partial charge on any atom is 0.0605 e. The van der Waals surface area contributed by atoms with E-state index in [-0.39, 0.29) is 5.54 Å². The number of benzene rings is 2. The standard InChI is InChI=1S/C27H35NS2/c1-17(2)20-13-10-12-16-23(20)30(8,28-27(5,6)7)26-19(4)18(3)24-21-14-9-11-15-22(21)29-25(24)26/h9-17,26,28H,1-8H3. The molecule has 0 radical (unpaired) electrons. The van der Waals surface area contributed by atoms with Gasteiger partial charge in [0.2, 0.25) is 0 Å². The molecule has 1 aliphatic rings. The summed E-state index contributed by atoms with van der Waals surface area (Å²) in [5.41, 5.74) is 6.02. The van der Waals surface area contributed by atoms with Crippen LogP contribution in [0.3, 0.4) is 0 Å². The molecule has 0 bridgehead atoms. The molecule has 2 aromatic carbocycles. The van der Waals surface area contributed by atoms with Crippen LogP contribution in [-0.2, 0) is 0 Å². The minimum Gasteiger partial charge on any atom is -0.271 e. The molecule has 160 valence electrons. The highest BCUT2D eigenvalue weighted by molar-refractivity contribution is 8.32. The van der Waals surface area contributed by atoms with Gasteiger partial charge in [-0.25, -0.2) is 0 Å². The second-order valence-corrected chi connectivity index (χ2v) is 14.2. The van der Waals surface area contributed by atoms with Crippen LogP contribution in [0.25, 0.3) is 15.7 Å². The lowest BCUT2D eigenvalue weighted by Crippen LogP contribution is -2.40. The van der Waals surface area contributed by atoms with Crippen molar-refractivity contribution in [1.82, 2.24) is 4.72 Å². The quantitative estimate of drug-likeness (QED) is 0.430. The molecule has 0 amide bonds. The van der Waals surface area contributed by atoms with Crippen molar-refractivity contribution in [3.8, 4) is 0 Å². The van der Waals surface area contributed by atoms with Crippen molar-refractivity contribution in [2.75, 3.05) is 6.26 Å². The molecule has 2 unspecified atom stereocenters. The lowest BCUT2D eigenvalue weighted by Gasteiger charge is -2.49. The van der Waals surface area contributed by atoms with Gasteiger partial charge in [0.25, 0.3) is 0 Å². The molecule has 0 spiro atoms. The Morgan fingerprint density at radius 3 is 2.27 bits per heavy atom. The van der Waals surface area contributed by atoms with Crippen molar-refractivity contribution in [3.05, 3.63) is 70.1 Å². The minimum absolute atomic E-state index is 0.0296. The third-order valence-corrected chi connectivity index (χ3v) is 11.4. The zero-order valence-corrected chi connectivity index (χ0v) is 21.2. The van der Waals surface area contributed by atoms with Gasteiger partial charge in [-0.1, -0.05) is 55.8 Å². The molecule has 1 nitrogen and oxygen atoms in total. The van der Waals surface area contributed by atoms with Crippen LogP contribution in [0.1, 0.15) is 75.6 Å². The van der Waals surface area contributed by atoms with Crippen molar-refractivity contribution < 1.29 is 0 Å². The SMILES string of the molecule is CC1=C(C)C(S(C)(NC(C)(C)C)c2ccccc2C(C)C)c2sc3ccccc3c21. The summed E-state index contributed by atoms with van der Waals surface area (Å²) < 4.78 is 5.59. The van der Waals surface area contributed by atoms with Gasteiger partial charge in [0, 0.05) is 31.0 Å². The van der Waals surface area contributed by atoms with Crippen LogP contribution in [0.4, 0.5) is 0 Å². The Labute approximate surface area is 188 Å². The normalized spacial score (nSPS) is 20.0. The molecule has 4 rings (SSSR count). The molecule has 1 heterocycles. The van der Waals surface area contributed by atoms with E-state index in [9.17, 15) is 0 Å². The smallest absolute Gasteiger partial charge is 0.0605 e. The fourth-order valence-corrected chi connectivity index (χ4v) is 11.4. The summed E-state index contributed by atoms with van der Waals surface area (Å²) in [4.78, 5) is 3.07. The summed E-state index contributed by atoms with van der Waals surface area (Å²) in [6, 6.07) is 18.1. The van der Waals surface area contributed by atoms with Gasteiger partial charge < -0.3 is 0 Å². The first-order chi connectivity index (χ1) is 14.0. The molecule has 0 saturated carbocycles. The zero-order valence-electron chi connectivity index (χ0n) is 19.6. The van der Waals surface area contributed by atoms with Gasteiger partial charge in [-0.3, -0.25) is 4.72 Å². The Morgan fingerprint density at radius 1 is 0.967 bits per heavy atom. The summed E-state index contributed by atoms with van der Waals surface area (Å²) >= 11 is 2.00. The summed E-state index contributed by atoms with van der Waals surface area (Å²) in [6.45, 7) is 16.3. The first kappa shape index (κ1) is 21.7. The predicted octanol–water partition coefficient (Wildman–Crippen LogP) is 8.67. The summed E-state index contributed by atoms with van der Waals surface area (Å²) in [5.74, 6) is 0.503. The number of nitrogens with one attached hydrogen (secondary N) is 1. The summed E-state index contributed by atoms with van der Waals surface area (Å²) in [6.07, 6.45) is 2.51. The zero-order chi connectivity index (χ0) is 21.8. The average molecular weight is 438 g/mol. The Balaban J connectivity index is 2.01. The molecule has 0 saturated heterocycles. The fourth-order valence-electron chi connectivity index (χ4n) is 5.01. The average Bonchev–Trinajstić information content (AvgIpc) is 3.15. The van der Waals surface area contributed by atoms with Crippen molar-refractivity contribution in [2.24, 2.45) is 0 Å². The van der Waals surface area contributed by atoms with E-state index in [2.05, 4.69) is 108 Å². The number of hydrogen-bond acceptors (Lipinski definition) is 2. The van der Waals surface area contributed by atoms with Crippen LogP contribution < -0.4 is 4.72 Å². The van der Waals surface area contributed by atoms with Gasteiger partial charge in [0.05, 0.1) is 5.25 Å². The highest BCUT2D eigenvalue weighted by Gasteiger charge is 2.43. The number of thiophene rings is 1. The van der Waals surface area contributed by atoms with E-state index >= 15 is 0 Å². The molecule has 1 N–H and O–H groups in total. The van der Waals surface area contributed by atoms with Gasteiger partial charge >= 0.3 is 0 Å². The Hall–Kier alpha value is -1.55. The third kappa shape index (κ3) is 3.45. The highest BCUT2D eigenvalue weighted by Crippen LogP contribution is 2.70. The van der Waals surface area contributed by atoms with E-state index in [1.54, 1.807) is 4.88 Å². The van der Waals surface area contributed by atoms with Gasteiger partial charge in [0.15, 0.2) is 0 Å². The summed E-state index contributed by atoms with van der Waals surface area (Å²) in [5, 5.41) is 1.83. The van der Waals surface area contributed by atoms with E-state index in [0.29, 0.717) is 11.2 Å². The molecule has 0 fully saturated rings. The second-order valence-electron chi connectivity index (χ2n) is 10.1. The van der Waals surface area contributed by atoms with Crippen LogP contribution in [0, 0.1) is 0 Å². The Kier molecular flexibility index (Phi) is 5.45. The van der Waals surface area contributed by atoms with Gasteiger partial charge in [-0.05, 0) is 70.1 Å². The molecule has 0 aliphatic heterocycles. The predicted molar refractivity (Wildman–Crippen MR) is 138 cm³/mol. The van der Waals surface area contributed by atoms with E-state index in [4.69, 9.17) is 0 Å². The number of fused-ring (bicyclic) bond motifs is 3. The van der Waals surface area contributed by atoms with E-state index in [1.807, 2.05) is 11.3 Å². The van der Waals surface area contributed by atoms with E-state index < -0.39 is 10.2 Å². The molecular formula is C27H35NS2. The van der Waals surface area contributed by atoms with Crippen molar-refractivity contribution in [2.45, 2.75) is 70.1 Å². The Bertz CT molecular complexity index is 1130. The molecule has 2 atom stereocenters. The third-order valence-electron chi connectivity index (χ3n) is 6.21. The highest BCUT2D eigenvalue weighted by atomic mass is 32.3. The van der Waals surface area contributed by atoms with Crippen LogP contribution >= 0.6 is 21.6 Å². The summed E-state index contributed by atoms with van der Waals surface area (Å²) in [7, 11) is -1.37. The monoisotopic (exact) mass is 437 g/mol. The first-order valence-corrected chi connectivity index (χ1v) is 13.8. The topological polar surface area (TPSA) is 12.0 Å². The molecular weight excluding hydrogens is 402 g/mol. The lowest BCUT2D eigenvalue weighted by atomic mass is 10.0. The van der Waals surface area contributed by atoms with Crippen molar-refractivity contribution >= 4 is 37.2 Å².